The molecule has 1 saturated heterocycles. The standard InChI is InChI=1S/C13H21N3O2/c1-12(2,3)11-14-10(18-15-11)6-16-7-13(17,8-16)9-4-5-9/h9,17H,4-8H2,1-3H3. The van der Waals surface area contributed by atoms with Crippen LogP contribution in [0.3, 0.4) is 0 Å². The zero-order chi connectivity index (χ0) is 13.0. The second kappa shape index (κ2) is 3.78. The number of hydrogen-bond donors (Lipinski definition) is 1. The highest BCUT2D eigenvalue weighted by Crippen LogP contribution is 2.44. The van der Waals surface area contributed by atoms with Gasteiger partial charge in [0.05, 0.1) is 12.1 Å². The number of aliphatic hydroxyl groups is 1. The molecule has 100 valence electrons. The minimum atomic E-state index is -0.438. The lowest BCUT2D eigenvalue weighted by atomic mass is 9.89. The molecule has 0 spiro atoms. The molecular weight excluding hydrogens is 230 g/mol. The Morgan fingerprint density at radius 2 is 2.06 bits per heavy atom. The molecule has 2 fully saturated rings. The Balaban J connectivity index is 1.57. The van der Waals surface area contributed by atoms with Crippen molar-refractivity contribution in [1.29, 1.82) is 0 Å². The van der Waals surface area contributed by atoms with Gasteiger partial charge in [-0.15, -0.1) is 0 Å². The second-order valence-corrected chi connectivity index (χ2v) is 6.78. The van der Waals surface area contributed by atoms with Gasteiger partial charge in [-0.25, -0.2) is 0 Å². The normalized spacial score (nSPS) is 24.0. The molecule has 0 atom stereocenters. The molecule has 1 aromatic rings. The van der Waals surface area contributed by atoms with E-state index < -0.39 is 5.60 Å². The molecule has 18 heavy (non-hydrogen) atoms. The van der Waals surface area contributed by atoms with Gasteiger partial charge in [0.2, 0.25) is 5.89 Å². The van der Waals surface area contributed by atoms with Crippen LogP contribution in [0.4, 0.5) is 0 Å². The van der Waals surface area contributed by atoms with Crippen LogP contribution in [0.5, 0.6) is 0 Å². The number of rotatable bonds is 3. The number of aromatic nitrogens is 2. The van der Waals surface area contributed by atoms with E-state index in [2.05, 4.69) is 35.8 Å². The van der Waals surface area contributed by atoms with Crippen molar-refractivity contribution in [3.63, 3.8) is 0 Å². The van der Waals surface area contributed by atoms with Gasteiger partial charge < -0.3 is 9.63 Å². The summed E-state index contributed by atoms with van der Waals surface area (Å²) in [6, 6.07) is 0. The SMILES string of the molecule is CC(C)(C)c1noc(CN2CC(O)(C3CC3)C2)n1. The molecule has 2 heterocycles. The summed E-state index contributed by atoms with van der Waals surface area (Å²) >= 11 is 0. The molecule has 1 N–H and O–H groups in total. The maximum Gasteiger partial charge on any atom is 0.240 e. The van der Waals surface area contributed by atoms with Gasteiger partial charge in [-0.3, -0.25) is 4.90 Å². The Labute approximate surface area is 107 Å². The Bertz CT molecular complexity index is 439. The average Bonchev–Trinajstić information content (AvgIpc) is 2.95. The maximum atomic E-state index is 10.2. The smallest absolute Gasteiger partial charge is 0.240 e. The van der Waals surface area contributed by atoms with E-state index >= 15 is 0 Å². The zero-order valence-corrected chi connectivity index (χ0v) is 11.3. The monoisotopic (exact) mass is 251 g/mol. The summed E-state index contributed by atoms with van der Waals surface area (Å²) < 4.78 is 5.26. The molecule has 5 nitrogen and oxygen atoms in total. The highest BCUT2D eigenvalue weighted by molar-refractivity contribution is 5.06. The summed E-state index contributed by atoms with van der Waals surface area (Å²) in [6.45, 7) is 8.33. The van der Waals surface area contributed by atoms with Crippen LogP contribution in [0.1, 0.15) is 45.3 Å². The number of likely N-dealkylation sites (tertiary alicyclic amines) is 1. The Hall–Kier alpha value is -0.940. The van der Waals surface area contributed by atoms with Crippen molar-refractivity contribution in [2.24, 2.45) is 5.92 Å². The fourth-order valence-corrected chi connectivity index (χ4v) is 2.53. The molecule has 0 aromatic carbocycles. The van der Waals surface area contributed by atoms with Crippen LogP contribution >= 0.6 is 0 Å². The van der Waals surface area contributed by atoms with Crippen LogP contribution < -0.4 is 0 Å². The van der Waals surface area contributed by atoms with Crippen LogP contribution in [0.25, 0.3) is 0 Å². The molecule has 1 aliphatic heterocycles. The first-order valence-electron chi connectivity index (χ1n) is 6.65. The fourth-order valence-electron chi connectivity index (χ4n) is 2.53. The Morgan fingerprint density at radius 3 is 2.56 bits per heavy atom. The average molecular weight is 251 g/mol. The summed E-state index contributed by atoms with van der Waals surface area (Å²) in [5.74, 6) is 1.93. The van der Waals surface area contributed by atoms with Crippen LogP contribution in [0.15, 0.2) is 4.52 Å². The molecule has 0 bridgehead atoms. The summed E-state index contributed by atoms with van der Waals surface area (Å²) in [5.41, 5.74) is -0.516. The van der Waals surface area contributed by atoms with Gasteiger partial charge in [0, 0.05) is 18.5 Å². The first kappa shape index (κ1) is 12.1. The molecule has 1 saturated carbocycles. The summed E-state index contributed by atoms with van der Waals surface area (Å²) in [6.07, 6.45) is 2.36. The lowest BCUT2D eigenvalue weighted by Crippen LogP contribution is -2.62. The van der Waals surface area contributed by atoms with E-state index in [1.807, 2.05) is 0 Å². The van der Waals surface area contributed by atoms with E-state index in [0.29, 0.717) is 18.4 Å². The van der Waals surface area contributed by atoms with Gasteiger partial charge >= 0.3 is 0 Å². The van der Waals surface area contributed by atoms with Gasteiger partial charge in [0.15, 0.2) is 5.82 Å². The van der Waals surface area contributed by atoms with Crippen LogP contribution in [0.2, 0.25) is 0 Å². The Kier molecular flexibility index (Phi) is 2.54. The minimum Gasteiger partial charge on any atom is -0.387 e. The zero-order valence-electron chi connectivity index (χ0n) is 11.3. The van der Waals surface area contributed by atoms with E-state index in [1.165, 1.54) is 12.8 Å². The fraction of sp³-hybridized carbons (Fsp3) is 0.846. The molecule has 0 unspecified atom stereocenters. The van der Waals surface area contributed by atoms with E-state index in [0.717, 1.165) is 18.9 Å². The third kappa shape index (κ3) is 2.17. The molecule has 1 aromatic heterocycles. The minimum absolute atomic E-state index is 0.0779. The van der Waals surface area contributed by atoms with Crippen molar-refractivity contribution in [3.8, 4) is 0 Å². The van der Waals surface area contributed by atoms with Crippen molar-refractivity contribution < 1.29 is 9.63 Å². The third-order valence-corrected chi connectivity index (χ3v) is 3.83. The number of β-amino-alcohol motifs (C(OH)–C–C–N with tert-alkyl or cyclic N) is 1. The van der Waals surface area contributed by atoms with Crippen molar-refractivity contribution >= 4 is 0 Å². The van der Waals surface area contributed by atoms with Crippen molar-refractivity contribution in [3.05, 3.63) is 11.7 Å². The molecule has 2 aliphatic rings. The van der Waals surface area contributed by atoms with Crippen LogP contribution in [0, 0.1) is 5.92 Å². The van der Waals surface area contributed by atoms with E-state index in [1.54, 1.807) is 0 Å². The summed E-state index contributed by atoms with van der Waals surface area (Å²) in [7, 11) is 0. The molecule has 5 heteroatoms. The summed E-state index contributed by atoms with van der Waals surface area (Å²) in [5, 5.41) is 14.2. The lowest BCUT2D eigenvalue weighted by molar-refractivity contribution is -0.119. The van der Waals surface area contributed by atoms with E-state index in [4.69, 9.17) is 4.52 Å². The maximum absolute atomic E-state index is 10.2. The van der Waals surface area contributed by atoms with Crippen LogP contribution in [-0.4, -0.2) is 38.8 Å². The van der Waals surface area contributed by atoms with Gasteiger partial charge in [-0.1, -0.05) is 25.9 Å². The molecular formula is C13H21N3O2. The second-order valence-electron chi connectivity index (χ2n) is 6.78. The molecule has 3 rings (SSSR count). The first-order chi connectivity index (χ1) is 8.37. The third-order valence-electron chi connectivity index (χ3n) is 3.83. The van der Waals surface area contributed by atoms with Crippen molar-refractivity contribution in [2.75, 3.05) is 13.1 Å². The van der Waals surface area contributed by atoms with Gasteiger partial charge in [-0.2, -0.15) is 4.98 Å². The van der Waals surface area contributed by atoms with Gasteiger partial charge in [0.25, 0.3) is 0 Å². The van der Waals surface area contributed by atoms with E-state index in [-0.39, 0.29) is 5.41 Å². The van der Waals surface area contributed by atoms with Crippen LogP contribution in [-0.2, 0) is 12.0 Å². The molecule has 0 radical (unpaired) electrons. The predicted octanol–water partition coefficient (Wildman–Crippen LogP) is 1.32. The molecule has 1 aliphatic carbocycles. The largest absolute Gasteiger partial charge is 0.387 e. The molecule has 0 amide bonds. The van der Waals surface area contributed by atoms with Gasteiger partial charge in [0.1, 0.15) is 0 Å². The predicted molar refractivity (Wildman–Crippen MR) is 65.9 cm³/mol. The first-order valence-corrected chi connectivity index (χ1v) is 6.65. The summed E-state index contributed by atoms with van der Waals surface area (Å²) in [4.78, 5) is 6.58. The number of nitrogens with zero attached hydrogens (tertiary/aromatic N) is 3. The topological polar surface area (TPSA) is 62.4 Å². The Morgan fingerprint density at radius 1 is 1.39 bits per heavy atom. The van der Waals surface area contributed by atoms with E-state index in [9.17, 15) is 5.11 Å². The quantitative estimate of drug-likeness (QED) is 0.878. The number of hydrogen-bond acceptors (Lipinski definition) is 5. The highest BCUT2D eigenvalue weighted by atomic mass is 16.5. The van der Waals surface area contributed by atoms with Gasteiger partial charge in [-0.05, 0) is 18.8 Å². The van der Waals surface area contributed by atoms with Crippen molar-refractivity contribution in [2.45, 2.75) is 51.2 Å². The lowest BCUT2D eigenvalue weighted by Gasteiger charge is -2.46. The van der Waals surface area contributed by atoms with Crippen molar-refractivity contribution in [1.82, 2.24) is 15.0 Å². The highest BCUT2D eigenvalue weighted by Gasteiger charge is 2.51.